The molecule has 0 spiro atoms. The van der Waals surface area contributed by atoms with Gasteiger partial charge in [-0.05, 0) is 29.8 Å². The number of hydrogen-bond donors (Lipinski definition) is 2. The van der Waals surface area contributed by atoms with Crippen LogP contribution >= 0.6 is 23.2 Å². The molecule has 0 fully saturated rings. The molecule has 1 aromatic heterocycles. The number of carbonyl (C=O) groups is 1. The van der Waals surface area contributed by atoms with Crippen molar-refractivity contribution in [3.05, 3.63) is 82.0 Å². The van der Waals surface area contributed by atoms with E-state index in [0.29, 0.717) is 21.6 Å². The third-order valence-electron chi connectivity index (χ3n) is 3.47. The molecule has 8 heteroatoms. The number of halogens is 3. The Kier molecular flexibility index (Phi) is 5.65. The Labute approximate surface area is 159 Å². The highest BCUT2D eigenvalue weighted by Crippen LogP contribution is 2.31. The molecule has 0 aliphatic carbocycles. The van der Waals surface area contributed by atoms with Gasteiger partial charge in [0.25, 0.3) is 5.91 Å². The second-order valence-electron chi connectivity index (χ2n) is 5.32. The van der Waals surface area contributed by atoms with E-state index < -0.39 is 0 Å². The number of para-hydroxylation sites is 1. The van der Waals surface area contributed by atoms with Gasteiger partial charge in [0.1, 0.15) is 17.3 Å². The van der Waals surface area contributed by atoms with Gasteiger partial charge in [-0.25, -0.2) is 14.4 Å². The van der Waals surface area contributed by atoms with Crippen molar-refractivity contribution >= 4 is 40.6 Å². The molecule has 0 bridgehead atoms. The highest BCUT2D eigenvalue weighted by atomic mass is 35.5. The Morgan fingerprint density at radius 2 is 1.69 bits per heavy atom. The van der Waals surface area contributed by atoms with Crippen LogP contribution in [0.5, 0.6) is 0 Å². The van der Waals surface area contributed by atoms with Crippen LogP contribution in [-0.2, 0) is 6.54 Å². The van der Waals surface area contributed by atoms with E-state index >= 15 is 0 Å². The van der Waals surface area contributed by atoms with Crippen LogP contribution in [0.3, 0.4) is 0 Å². The molecule has 1 heterocycles. The van der Waals surface area contributed by atoms with Crippen LogP contribution in [0, 0.1) is 5.82 Å². The van der Waals surface area contributed by atoms with Crippen LogP contribution in [0.2, 0.25) is 10.0 Å². The highest BCUT2D eigenvalue weighted by molar-refractivity contribution is 6.39. The minimum atomic E-state index is -0.385. The van der Waals surface area contributed by atoms with Crippen molar-refractivity contribution in [3.63, 3.8) is 0 Å². The Balaban J connectivity index is 1.63. The van der Waals surface area contributed by atoms with E-state index in [-0.39, 0.29) is 24.0 Å². The minimum absolute atomic E-state index is 0.155. The summed E-state index contributed by atoms with van der Waals surface area (Å²) in [6.45, 7) is 0.260. The Bertz CT molecular complexity index is 897. The molecule has 0 atom stereocenters. The highest BCUT2D eigenvalue weighted by Gasteiger charge is 2.10. The van der Waals surface area contributed by atoms with Gasteiger partial charge in [0.15, 0.2) is 0 Å². The predicted octanol–water partition coefficient (Wildman–Crippen LogP) is 4.60. The molecule has 26 heavy (non-hydrogen) atoms. The summed E-state index contributed by atoms with van der Waals surface area (Å²) >= 11 is 12.2. The molecule has 0 aliphatic rings. The van der Waals surface area contributed by atoms with Gasteiger partial charge in [0.05, 0.1) is 28.1 Å². The fourth-order valence-electron chi connectivity index (χ4n) is 2.13. The maximum Gasteiger partial charge on any atom is 0.271 e. The number of benzene rings is 2. The molecular weight excluding hydrogens is 378 g/mol. The predicted molar refractivity (Wildman–Crippen MR) is 99.3 cm³/mol. The summed E-state index contributed by atoms with van der Waals surface area (Å²) in [4.78, 5) is 20.3. The quantitative estimate of drug-likeness (QED) is 0.668. The van der Waals surface area contributed by atoms with E-state index in [1.165, 1.54) is 24.5 Å². The van der Waals surface area contributed by atoms with Gasteiger partial charge >= 0.3 is 0 Å². The first-order valence-electron chi connectivity index (χ1n) is 7.58. The van der Waals surface area contributed by atoms with Gasteiger partial charge < -0.3 is 10.6 Å². The smallest absolute Gasteiger partial charge is 0.271 e. The van der Waals surface area contributed by atoms with Crippen LogP contribution in [0.1, 0.15) is 16.1 Å². The van der Waals surface area contributed by atoms with E-state index in [1.807, 2.05) is 0 Å². The number of carbonyl (C=O) groups excluding carboxylic acids is 1. The number of rotatable bonds is 5. The van der Waals surface area contributed by atoms with Crippen LogP contribution in [-0.4, -0.2) is 15.9 Å². The fraction of sp³-hybridized carbons (Fsp3) is 0.0556. The molecule has 0 radical (unpaired) electrons. The molecule has 1 amide bonds. The number of amides is 1. The topological polar surface area (TPSA) is 66.9 Å². The molecule has 132 valence electrons. The first-order chi connectivity index (χ1) is 12.5. The molecular formula is C18H13Cl2FN4O. The van der Waals surface area contributed by atoms with Crippen molar-refractivity contribution in [2.75, 3.05) is 5.32 Å². The molecule has 2 aromatic carbocycles. The van der Waals surface area contributed by atoms with E-state index in [0.717, 1.165) is 5.56 Å². The molecule has 0 saturated heterocycles. The fourth-order valence-corrected chi connectivity index (χ4v) is 2.62. The number of nitrogens with one attached hydrogen (secondary N) is 2. The summed E-state index contributed by atoms with van der Waals surface area (Å²) in [6, 6.07) is 11.0. The van der Waals surface area contributed by atoms with Gasteiger partial charge in [-0.15, -0.1) is 0 Å². The number of anilines is 2. The Hall–Kier alpha value is -2.70. The number of aromatic nitrogens is 2. The van der Waals surface area contributed by atoms with Crippen molar-refractivity contribution in [2.24, 2.45) is 0 Å². The maximum absolute atomic E-state index is 12.9. The van der Waals surface area contributed by atoms with E-state index in [9.17, 15) is 9.18 Å². The third-order valence-corrected chi connectivity index (χ3v) is 4.10. The van der Waals surface area contributed by atoms with Crippen LogP contribution in [0.15, 0.2) is 54.9 Å². The average molecular weight is 391 g/mol. The van der Waals surface area contributed by atoms with E-state index in [1.54, 1.807) is 30.3 Å². The monoisotopic (exact) mass is 390 g/mol. The van der Waals surface area contributed by atoms with Crippen molar-refractivity contribution < 1.29 is 9.18 Å². The summed E-state index contributed by atoms with van der Waals surface area (Å²) in [6.07, 6.45) is 2.75. The standard InChI is InChI=1S/C18H13Cl2FN4O/c19-13-2-1-3-14(20)17(13)25-16-10-22-15(9-23-16)18(26)24-8-11-4-6-12(21)7-5-11/h1-7,9-10H,8H2,(H,23,25)(H,24,26). The lowest BCUT2D eigenvalue weighted by atomic mass is 10.2. The summed E-state index contributed by atoms with van der Waals surface area (Å²) in [5.41, 5.74) is 1.45. The molecule has 0 saturated carbocycles. The molecule has 5 nitrogen and oxygen atoms in total. The van der Waals surface area contributed by atoms with Gasteiger partial charge in [0, 0.05) is 6.54 Å². The van der Waals surface area contributed by atoms with Crippen molar-refractivity contribution in [1.29, 1.82) is 0 Å². The van der Waals surface area contributed by atoms with Gasteiger partial charge in [-0.1, -0.05) is 41.4 Å². The molecule has 0 unspecified atom stereocenters. The normalized spacial score (nSPS) is 10.4. The third kappa shape index (κ3) is 4.47. The van der Waals surface area contributed by atoms with Gasteiger partial charge in [0.2, 0.25) is 0 Å². The lowest BCUT2D eigenvalue weighted by Crippen LogP contribution is -2.24. The second-order valence-corrected chi connectivity index (χ2v) is 6.13. The Morgan fingerprint density at radius 1 is 1.00 bits per heavy atom. The molecule has 0 aliphatic heterocycles. The van der Waals surface area contributed by atoms with Crippen LogP contribution in [0.25, 0.3) is 0 Å². The van der Waals surface area contributed by atoms with Crippen LogP contribution < -0.4 is 10.6 Å². The average Bonchev–Trinajstić information content (AvgIpc) is 2.65. The maximum atomic E-state index is 12.9. The number of nitrogens with zero attached hydrogens (tertiary/aromatic N) is 2. The number of hydrogen-bond acceptors (Lipinski definition) is 4. The lowest BCUT2D eigenvalue weighted by Gasteiger charge is -2.09. The molecule has 2 N–H and O–H groups in total. The lowest BCUT2D eigenvalue weighted by molar-refractivity contribution is 0.0945. The second kappa shape index (κ2) is 8.12. The summed E-state index contributed by atoms with van der Waals surface area (Å²) in [5.74, 6) is -0.313. The summed E-state index contributed by atoms with van der Waals surface area (Å²) in [7, 11) is 0. The zero-order chi connectivity index (χ0) is 18.5. The largest absolute Gasteiger partial charge is 0.347 e. The zero-order valence-electron chi connectivity index (χ0n) is 13.3. The van der Waals surface area contributed by atoms with Crippen molar-refractivity contribution in [2.45, 2.75) is 6.54 Å². The van der Waals surface area contributed by atoms with Crippen LogP contribution in [0.4, 0.5) is 15.9 Å². The zero-order valence-corrected chi connectivity index (χ0v) is 14.9. The SMILES string of the molecule is O=C(NCc1ccc(F)cc1)c1cnc(Nc2c(Cl)cccc2Cl)cn1. The summed E-state index contributed by atoms with van der Waals surface area (Å²) in [5, 5.41) is 6.55. The minimum Gasteiger partial charge on any atom is -0.347 e. The first kappa shape index (κ1) is 18.1. The van der Waals surface area contributed by atoms with Crippen molar-refractivity contribution in [1.82, 2.24) is 15.3 Å². The summed E-state index contributed by atoms with van der Waals surface area (Å²) < 4.78 is 12.9. The van der Waals surface area contributed by atoms with E-state index in [2.05, 4.69) is 20.6 Å². The first-order valence-corrected chi connectivity index (χ1v) is 8.34. The van der Waals surface area contributed by atoms with Crippen molar-refractivity contribution in [3.8, 4) is 0 Å². The Morgan fingerprint density at radius 3 is 2.31 bits per heavy atom. The van der Waals surface area contributed by atoms with Gasteiger partial charge in [-0.3, -0.25) is 4.79 Å². The molecule has 3 aromatic rings. The molecule has 3 rings (SSSR count). The van der Waals surface area contributed by atoms with Gasteiger partial charge in [-0.2, -0.15) is 0 Å². The van der Waals surface area contributed by atoms with E-state index in [4.69, 9.17) is 23.2 Å².